The highest BCUT2D eigenvalue weighted by Crippen LogP contribution is 2.29. The van der Waals surface area contributed by atoms with Crippen LogP contribution in [0.5, 0.6) is 11.5 Å². The molecule has 8 heteroatoms. The van der Waals surface area contributed by atoms with E-state index in [4.69, 9.17) is 33.0 Å². The highest BCUT2D eigenvalue weighted by Gasteiger charge is 2.18. The molecule has 0 bridgehead atoms. The van der Waals surface area contributed by atoms with Gasteiger partial charge in [-0.3, -0.25) is 9.78 Å². The Hall–Kier alpha value is -3.09. The number of carbonyl (C=O) groups is 2. The molecule has 0 saturated carbocycles. The molecule has 148 valence electrons. The minimum Gasteiger partial charge on any atom is -0.478 e. The number of halogens is 2. The average molecular weight is 431 g/mol. The monoisotopic (exact) mass is 430 g/mol. The quantitative estimate of drug-likeness (QED) is 0.548. The molecule has 29 heavy (non-hydrogen) atoms. The number of carbonyl (C=O) groups excluding carboxylic acids is 1. The van der Waals surface area contributed by atoms with Crippen molar-refractivity contribution in [3.63, 3.8) is 0 Å². The minimum atomic E-state index is -1.04. The van der Waals surface area contributed by atoms with E-state index >= 15 is 0 Å². The lowest BCUT2D eigenvalue weighted by Crippen LogP contribution is -2.27. The van der Waals surface area contributed by atoms with E-state index < -0.39 is 17.9 Å². The van der Waals surface area contributed by atoms with Crippen molar-refractivity contribution in [2.24, 2.45) is 0 Å². The number of amides is 1. The molecule has 0 radical (unpaired) electrons. The number of aromatic carboxylic acids is 1. The Morgan fingerprint density at radius 3 is 2.59 bits per heavy atom. The van der Waals surface area contributed by atoms with E-state index in [2.05, 4.69) is 10.3 Å². The molecule has 0 spiro atoms. The summed E-state index contributed by atoms with van der Waals surface area (Å²) in [5.41, 5.74) is 1.02. The number of hydrogen-bond donors (Lipinski definition) is 2. The predicted octanol–water partition coefficient (Wildman–Crippen LogP) is 5.37. The average Bonchev–Trinajstić information content (AvgIpc) is 2.69. The molecule has 2 aromatic carbocycles. The van der Waals surface area contributed by atoms with Gasteiger partial charge in [-0.15, -0.1) is 0 Å². The third kappa shape index (κ3) is 5.25. The summed E-state index contributed by atoms with van der Waals surface area (Å²) in [6, 6.07) is 12.2. The molecule has 2 N–H and O–H groups in total. The number of aromatic nitrogens is 1. The zero-order valence-corrected chi connectivity index (χ0v) is 16.7. The number of ether oxygens (including phenoxy) is 1. The van der Waals surface area contributed by atoms with Crippen LogP contribution in [-0.2, 0) is 0 Å². The third-order valence-electron chi connectivity index (χ3n) is 4.08. The van der Waals surface area contributed by atoms with Gasteiger partial charge in [-0.2, -0.15) is 0 Å². The lowest BCUT2D eigenvalue weighted by molar-refractivity contribution is 0.0696. The Labute approximate surface area is 177 Å². The molecule has 1 atom stereocenters. The van der Waals surface area contributed by atoms with E-state index in [1.807, 2.05) is 0 Å². The maximum atomic E-state index is 12.9. The number of hydrogen-bond acceptors (Lipinski definition) is 4. The minimum absolute atomic E-state index is 0.142. The van der Waals surface area contributed by atoms with Gasteiger partial charge in [0, 0.05) is 17.3 Å². The van der Waals surface area contributed by atoms with Crippen LogP contribution in [0.1, 0.15) is 39.2 Å². The highest BCUT2D eigenvalue weighted by molar-refractivity contribution is 6.31. The van der Waals surface area contributed by atoms with Crippen molar-refractivity contribution in [2.45, 2.75) is 13.0 Å². The second kappa shape index (κ2) is 8.94. The van der Waals surface area contributed by atoms with Crippen molar-refractivity contribution in [2.75, 3.05) is 0 Å². The second-order valence-electron chi connectivity index (χ2n) is 6.21. The van der Waals surface area contributed by atoms with Gasteiger partial charge in [-0.25, -0.2) is 4.79 Å². The predicted molar refractivity (Wildman–Crippen MR) is 110 cm³/mol. The molecule has 0 fully saturated rings. The van der Waals surface area contributed by atoms with Crippen molar-refractivity contribution in [3.05, 3.63) is 87.7 Å². The highest BCUT2D eigenvalue weighted by atomic mass is 35.5. The Bertz CT molecular complexity index is 1070. The van der Waals surface area contributed by atoms with Crippen molar-refractivity contribution < 1.29 is 19.4 Å². The van der Waals surface area contributed by atoms with E-state index in [9.17, 15) is 9.59 Å². The van der Waals surface area contributed by atoms with Crippen molar-refractivity contribution >= 4 is 35.1 Å². The summed E-state index contributed by atoms with van der Waals surface area (Å²) in [4.78, 5) is 28.0. The fourth-order valence-corrected chi connectivity index (χ4v) is 2.98. The molecule has 0 aliphatic heterocycles. The SMILES string of the molecule is C[C@H](NC(=O)c1cc(Cl)ccc1Oc1cncc(Cl)c1)c1cccc(C(=O)O)c1. The first kappa shape index (κ1) is 20.6. The second-order valence-corrected chi connectivity index (χ2v) is 7.08. The Kier molecular flexibility index (Phi) is 6.36. The summed E-state index contributed by atoms with van der Waals surface area (Å²) in [6.07, 6.45) is 2.94. The van der Waals surface area contributed by atoms with Gasteiger partial charge in [-0.1, -0.05) is 35.3 Å². The van der Waals surface area contributed by atoms with Crippen LogP contribution in [0.15, 0.2) is 60.9 Å². The summed E-state index contributed by atoms with van der Waals surface area (Å²) < 4.78 is 5.76. The number of pyridine rings is 1. The maximum Gasteiger partial charge on any atom is 0.335 e. The van der Waals surface area contributed by atoms with Crippen LogP contribution in [0.2, 0.25) is 10.0 Å². The Balaban J connectivity index is 1.84. The fourth-order valence-electron chi connectivity index (χ4n) is 2.64. The molecule has 0 saturated heterocycles. The van der Waals surface area contributed by atoms with Crippen molar-refractivity contribution in [1.82, 2.24) is 10.3 Å². The summed E-state index contributed by atoms with van der Waals surface area (Å²) >= 11 is 12.0. The summed E-state index contributed by atoms with van der Waals surface area (Å²) in [7, 11) is 0. The van der Waals surface area contributed by atoms with Gasteiger partial charge < -0.3 is 15.2 Å². The smallest absolute Gasteiger partial charge is 0.335 e. The third-order valence-corrected chi connectivity index (χ3v) is 4.52. The molecular weight excluding hydrogens is 415 g/mol. The number of benzene rings is 2. The molecule has 3 aromatic rings. The molecular formula is C21H16Cl2N2O4. The van der Waals surface area contributed by atoms with Crippen LogP contribution in [0.4, 0.5) is 0 Å². The summed E-state index contributed by atoms with van der Waals surface area (Å²) in [5.74, 6) is -0.810. The first-order valence-corrected chi connectivity index (χ1v) is 9.31. The van der Waals surface area contributed by atoms with Crippen LogP contribution in [0.3, 0.4) is 0 Å². The maximum absolute atomic E-state index is 12.9. The van der Waals surface area contributed by atoms with E-state index in [1.165, 1.54) is 30.6 Å². The Morgan fingerprint density at radius 2 is 1.86 bits per heavy atom. The number of carboxylic acids is 1. The van der Waals surface area contributed by atoms with Crippen LogP contribution in [-0.4, -0.2) is 22.0 Å². The van der Waals surface area contributed by atoms with Gasteiger partial charge in [0.15, 0.2) is 0 Å². The summed E-state index contributed by atoms with van der Waals surface area (Å²) in [5, 5.41) is 12.7. The van der Waals surface area contributed by atoms with Gasteiger partial charge in [0.1, 0.15) is 11.5 Å². The van der Waals surface area contributed by atoms with Crippen molar-refractivity contribution in [1.29, 1.82) is 0 Å². The number of rotatable bonds is 6. The van der Waals surface area contributed by atoms with Gasteiger partial charge in [-0.05, 0) is 42.8 Å². The van der Waals surface area contributed by atoms with Crippen LogP contribution in [0, 0.1) is 0 Å². The lowest BCUT2D eigenvalue weighted by atomic mass is 10.0. The first-order valence-electron chi connectivity index (χ1n) is 8.55. The molecule has 3 rings (SSSR count). The van der Waals surface area contributed by atoms with Crippen LogP contribution >= 0.6 is 23.2 Å². The Morgan fingerprint density at radius 1 is 1.07 bits per heavy atom. The molecule has 6 nitrogen and oxygen atoms in total. The molecule has 1 heterocycles. The number of carboxylic acid groups (broad SMARTS) is 1. The molecule has 0 aliphatic rings. The van der Waals surface area contributed by atoms with Gasteiger partial charge in [0.05, 0.1) is 28.4 Å². The zero-order valence-electron chi connectivity index (χ0n) is 15.2. The summed E-state index contributed by atoms with van der Waals surface area (Å²) in [6.45, 7) is 1.75. The van der Waals surface area contributed by atoms with Gasteiger partial charge >= 0.3 is 5.97 Å². The largest absolute Gasteiger partial charge is 0.478 e. The topological polar surface area (TPSA) is 88.5 Å². The van der Waals surface area contributed by atoms with Crippen molar-refractivity contribution in [3.8, 4) is 11.5 Å². The normalized spacial score (nSPS) is 11.6. The van der Waals surface area contributed by atoms with Gasteiger partial charge in [0.2, 0.25) is 0 Å². The van der Waals surface area contributed by atoms with Gasteiger partial charge in [0.25, 0.3) is 5.91 Å². The zero-order chi connectivity index (χ0) is 21.0. The number of nitrogens with zero attached hydrogens (tertiary/aromatic N) is 1. The van der Waals surface area contributed by atoms with Crippen LogP contribution in [0.25, 0.3) is 0 Å². The molecule has 1 aromatic heterocycles. The first-order chi connectivity index (χ1) is 13.8. The van der Waals surface area contributed by atoms with E-state index in [0.29, 0.717) is 21.4 Å². The van der Waals surface area contributed by atoms with E-state index in [1.54, 1.807) is 37.3 Å². The standard InChI is InChI=1S/C21H16Cl2N2O4/c1-12(13-3-2-4-14(7-13)21(27)28)25-20(26)18-9-15(22)5-6-19(18)29-17-8-16(23)10-24-11-17/h2-12H,1H3,(H,25,26)(H,27,28)/t12-/m0/s1. The molecule has 0 unspecified atom stereocenters. The van der Waals surface area contributed by atoms with E-state index in [-0.39, 0.29) is 16.9 Å². The van der Waals surface area contributed by atoms with Crippen LogP contribution < -0.4 is 10.1 Å². The molecule has 1 amide bonds. The fraction of sp³-hybridized carbons (Fsp3) is 0.0952. The number of nitrogens with one attached hydrogen (secondary N) is 1. The van der Waals surface area contributed by atoms with E-state index in [0.717, 1.165) is 0 Å². The lowest BCUT2D eigenvalue weighted by Gasteiger charge is -2.17. The molecule has 0 aliphatic carbocycles.